The maximum Gasteiger partial charge on any atom is 0.261 e. The number of rotatable bonds is 7. The molecule has 3 aromatic rings. The summed E-state index contributed by atoms with van der Waals surface area (Å²) >= 11 is 13.9. The van der Waals surface area contributed by atoms with Crippen molar-refractivity contribution in [3.63, 3.8) is 0 Å². The molecule has 2 unspecified atom stereocenters. The topological polar surface area (TPSA) is 84.2 Å². The SMILES string of the molecule is O=C(CC1NCCCC1O)Cn1cnc2cc(Cl)c(SCc3ccc(Cl)cc3)cc2c1=O. The highest BCUT2D eigenvalue weighted by Gasteiger charge is 2.25. The van der Waals surface area contributed by atoms with Crippen LogP contribution in [0.15, 0.2) is 52.4 Å². The van der Waals surface area contributed by atoms with Crippen molar-refractivity contribution < 1.29 is 9.90 Å². The minimum Gasteiger partial charge on any atom is -0.391 e. The third-order valence-corrected chi connectivity index (χ3v) is 7.33. The van der Waals surface area contributed by atoms with Crippen molar-refractivity contribution in [3.8, 4) is 0 Å². The highest BCUT2D eigenvalue weighted by molar-refractivity contribution is 7.98. The summed E-state index contributed by atoms with van der Waals surface area (Å²) in [6, 6.07) is 10.7. The zero-order valence-corrected chi connectivity index (χ0v) is 19.6. The summed E-state index contributed by atoms with van der Waals surface area (Å²) in [5.41, 5.74) is 1.29. The molecule has 1 aliphatic rings. The van der Waals surface area contributed by atoms with Crippen LogP contribution in [0, 0.1) is 0 Å². The zero-order valence-electron chi connectivity index (χ0n) is 17.3. The molecule has 0 spiro atoms. The molecule has 32 heavy (non-hydrogen) atoms. The van der Waals surface area contributed by atoms with Gasteiger partial charge in [-0.05, 0) is 49.2 Å². The van der Waals surface area contributed by atoms with Gasteiger partial charge in [-0.15, -0.1) is 11.8 Å². The number of ketones is 1. The van der Waals surface area contributed by atoms with Crippen molar-refractivity contribution in [1.29, 1.82) is 0 Å². The molecule has 2 aromatic carbocycles. The number of halogens is 2. The predicted octanol–water partition coefficient (Wildman–Crippen LogP) is 4.07. The number of fused-ring (bicyclic) bond motifs is 1. The second-order valence-electron chi connectivity index (χ2n) is 7.91. The Morgan fingerprint density at radius 3 is 2.78 bits per heavy atom. The third-order valence-electron chi connectivity index (χ3n) is 5.53. The van der Waals surface area contributed by atoms with Gasteiger partial charge in [0.2, 0.25) is 0 Å². The van der Waals surface area contributed by atoms with E-state index in [2.05, 4.69) is 10.3 Å². The third kappa shape index (κ3) is 5.53. The molecule has 1 fully saturated rings. The lowest BCUT2D eigenvalue weighted by Gasteiger charge is -2.28. The maximum absolute atomic E-state index is 13.0. The van der Waals surface area contributed by atoms with E-state index >= 15 is 0 Å². The van der Waals surface area contributed by atoms with Crippen LogP contribution in [0.5, 0.6) is 0 Å². The zero-order chi connectivity index (χ0) is 22.7. The second-order valence-corrected chi connectivity index (χ2v) is 9.77. The molecule has 1 aromatic heterocycles. The Labute approximate surface area is 199 Å². The Kier molecular flexibility index (Phi) is 7.53. The molecule has 1 saturated heterocycles. The lowest BCUT2D eigenvalue weighted by atomic mass is 9.97. The minimum absolute atomic E-state index is 0.0808. The highest BCUT2D eigenvalue weighted by Crippen LogP contribution is 2.32. The van der Waals surface area contributed by atoms with Gasteiger partial charge in [0.05, 0.1) is 34.9 Å². The van der Waals surface area contributed by atoms with Crippen LogP contribution in [0.3, 0.4) is 0 Å². The first-order valence-corrected chi connectivity index (χ1v) is 12.1. The Hall–Kier alpha value is -1.90. The number of hydrogen-bond donors (Lipinski definition) is 2. The molecule has 0 bridgehead atoms. The van der Waals surface area contributed by atoms with Gasteiger partial charge in [-0.1, -0.05) is 35.3 Å². The molecule has 9 heteroatoms. The van der Waals surface area contributed by atoms with E-state index in [0.717, 1.165) is 23.4 Å². The van der Waals surface area contributed by atoms with E-state index in [1.807, 2.05) is 24.3 Å². The lowest BCUT2D eigenvalue weighted by Crippen LogP contribution is -2.46. The molecule has 2 N–H and O–H groups in total. The lowest BCUT2D eigenvalue weighted by molar-refractivity contribution is -0.121. The summed E-state index contributed by atoms with van der Waals surface area (Å²) in [6.45, 7) is 0.701. The van der Waals surface area contributed by atoms with Crippen LogP contribution in [-0.4, -0.2) is 39.1 Å². The van der Waals surface area contributed by atoms with Gasteiger partial charge in [-0.2, -0.15) is 0 Å². The molecular formula is C23H23Cl2N3O3S. The minimum atomic E-state index is -0.540. The normalized spacial score (nSPS) is 18.7. The van der Waals surface area contributed by atoms with Crippen LogP contribution in [0.25, 0.3) is 10.9 Å². The van der Waals surface area contributed by atoms with Crippen LogP contribution in [0.4, 0.5) is 0 Å². The van der Waals surface area contributed by atoms with Crippen molar-refractivity contribution in [2.45, 2.75) is 48.6 Å². The van der Waals surface area contributed by atoms with Crippen LogP contribution in [-0.2, 0) is 17.1 Å². The number of hydrogen-bond acceptors (Lipinski definition) is 6. The summed E-state index contributed by atoms with van der Waals surface area (Å²) in [5, 5.41) is 14.9. The molecule has 1 aliphatic heterocycles. The van der Waals surface area contributed by atoms with Crippen molar-refractivity contribution in [3.05, 3.63) is 68.7 Å². The summed E-state index contributed by atoms with van der Waals surface area (Å²) < 4.78 is 1.32. The van der Waals surface area contributed by atoms with Gasteiger partial charge in [0, 0.05) is 28.1 Å². The van der Waals surface area contributed by atoms with E-state index in [9.17, 15) is 14.7 Å². The number of aliphatic hydroxyl groups excluding tert-OH is 1. The summed E-state index contributed by atoms with van der Waals surface area (Å²) in [6.07, 6.45) is 2.58. The van der Waals surface area contributed by atoms with E-state index < -0.39 is 6.10 Å². The highest BCUT2D eigenvalue weighted by atomic mass is 35.5. The van der Waals surface area contributed by atoms with Crippen LogP contribution in [0.2, 0.25) is 10.0 Å². The number of carbonyl (C=O) groups is 1. The van der Waals surface area contributed by atoms with E-state index in [-0.39, 0.29) is 30.3 Å². The van der Waals surface area contributed by atoms with Crippen molar-refractivity contribution in [2.75, 3.05) is 6.54 Å². The number of thioether (sulfide) groups is 1. The number of Topliss-reactive ketones (excluding diaryl/α,β-unsaturated/α-hetero) is 1. The molecule has 2 heterocycles. The number of piperidine rings is 1. The fourth-order valence-corrected chi connectivity index (χ4v) is 5.13. The number of aromatic nitrogens is 2. The second kappa shape index (κ2) is 10.4. The molecule has 168 valence electrons. The molecule has 0 aliphatic carbocycles. The van der Waals surface area contributed by atoms with Gasteiger partial charge in [0.1, 0.15) is 0 Å². The molecule has 0 amide bonds. The van der Waals surface area contributed by atoms with Gasteiger partial charge in [-0.3, -0.25) is 14.2 Å². The van der Waals surface area contributed by atoms with Crippen LogP contribution >= 0.6 is 35.0 Å². The first kappa shape index (κ1) is 23.3. The smallest absolute Gasteiger partial charge is 0.261 e. The molecule has 0 radical (unpaired) electrons. The van der Waals surface area contributed by atoms with Crippen molar-refractivity contribution >= 4 is 51.6 Å². The Balaban J connectivity index is 1.51. The van der Waals surface area contributed by atoms with Crippen molar-refractivity contribution in [1.82, 2.24) is 14.9 Å². The quantitative estimate of drug-likeness (QED) is 0.484. The van der Waals surface area contributed by atoms with Gasteiger partial charge < -0.3 is 10.4 Å². The van der Waals surface area contributed by atoms with Crippen LogP contribution < -0.4 is 10.9 Å². The predicted molar refractivity (Wildman–Crippen MR) is 129 cm³/mol. The molecule has 6 nitrogen and oxygen atoms in total. The Morgan fingerprint density at radius 1 is 1.25 bits per heavy atom. The summed E-state index contributed by atoms with van der Waals surface area (Å²) in [7, 11) is 0. The molecular weight excluding hydrogens is 469 g/mol. The summed E-state index contributed by atoms with van der Waals surface area (Å²) in [5.74, 6) is 0.546. The van der Waals surface area contributed by atoms with E-state index in [4.69, 9.17) is 23.2 Å². The monoisotopic (exact) mass is 491 g/mol. The van der Waals surface area contributed by atoms with Gasteiger partial charge in [0.15, 0.2) is 5.78 Å². The van der Waals surface area contributed by atoms with Gasteiger partial charge in [-0.25, -0.2) is 4.98 Å². The van der Waals surface area contributed by atoms with Crippen LogP contribution in [0.1, 0.15) is 24.8 Å². The Morgan fingerprint density at radius 2 is 2.03 bits per heavy atom. The van der Waals surface area contributed by atoms with Crippen molar-refractivity contribution in [2.24, 2.45) is 0 Å². The molecule has 0 saturated carbocycles. The number of nitrogens with zero attached hydrogens (tertiary/aromatic N) is 2. The molecule has 4 rings (SSSR count). The van der Waals surface area contributed by atoms with Gasteiger partial charge in [0.25, 0.3) is 5.56 Å². The van der Waals surface area contributed by atoms with Gasteiger partial charge >= 0.3 is 0 Å². The average molecular weight is 492 g/mol. The largest absolute Gasteiger partial charge is 0.391 e. The van der Waals surface area contributed by atoms with E-state index in [1.54, 1.807) is 12.1 Å². The number of aliphatic hydroxyl groups is 1. The first-order valence-electron chi connectivity index (χ1n) is 10.4. The van der Waals surface area contributed by atoms with E-state index in [1.165, 1.54) is 22.7 Å². The number of benzene rings is 2. The Bertz CT molecular complexity index is 1180. The standard InChI is InChI=1S/C23H23Cl2N3O3S/c24-15-5-3-14(4-6-15)12-32-22-9-17-19(10-18(22)25)27-13-28(23(17)31)11-16(29)8-20-21(30)2-1-7-26-20/h3-6,9-10,13,20-21,26,30H,1-2,7-8,11-12H2. The fourth-order valence-electron chi connectivity index (χ4n) is 3.77. The molecule has 2 atom stereocenters. The summed E-state index contributed by atoms with van der Waals surface area (Å²) in [4.78, 5) is 30.7. The van der Waals surface area contributed by atoms with E-state index in [0.29, 0.717) is 33.1 Å². The first-order chi connectivity index (χ1) is 15.4. The maximum atomic E-state index is 13.0. The average Bonchev–Trinajstić information content (AvgIpc) is 2.77. The number of nitrogens with one attached hydrogen (secondary N) is 1. The fraction of sp³-hybridized carbons (Fsp3) is 0.348. The number of carbonyl (C=O) groups excluding carboxylic acids is 1.